The standard InChI is InChI=1S/C32H44N2.CH4/c1-24-9-7-13-27(21-24)29(15-8-12-25-17-19-28(33)20-18-25)31-23-34(22-26-10-3-2-4-11-26)32-16-6-5-14-30(31)32;/h5-7,9,13-14,16,21,23,25-26,28-29H,2-4,8,10-12,15,17-20,22,33H2,1H3;1H4. The molecule has 1 atom stereocenters. The van der Waals surface area contributed by atoms with Gasteiger partial charge in [0.15, 0.2) is 0 Å². The highest BCUT2D eigenvalue weighted by atomic mass is 15.0. The molecule has 2 heteroatoms. The van der Waals surface area contributed by atoms with Crippen LogP contribution in [-0.2, 0) is 6.54 Å². The Kier molecular flexibility index (Phi) is 9.11. The van der Waals surface area contributed by atoms with E-state index in [9.17, 15) is 0 Å². The topological polar surface area (TPSA) is 30.9 Å². The summed E-state index contributed by atoms with van der Waals surface area (Å²) in [6.07, 6.45) is 18.6. The third-order valence-electron chi connectivity index (χ3n) is 8.82. The molecule has 3 aromatic rings. The Morgan fingerprint density at radius 1 is 0.886 bits per heavy atom. The number of nitrogens with zero attached hydrogens (tertiary/aromatic N) is 1. The van der Waals surface area contributed by atoms with E-state index in [1.165, 1.54) is 106 Å². The molecular formula is C33H48N2. The molecule has 0 amide bonds. The molecule has 1 heterocycles. The number of nitrogens with two attached hydrogens (primary N) is 1. The van der Waals surface area contributed by atoms with E-state index in [-0.39, 0.29) is 7.43 Å². The molecular weight excluding hydrogens is 424 g/mol. The SMILES string of the molecule is C.Cc1cccc(C(CCCC2CCC(N)CC2)c2cn(CC3CCCCC3)c3ccccc23)c1. The zero-order valence-electron chi connectivity index (χ0n) is 21.2. The Bertz CT molecular complexity index is 1050. The molecule has 2 N–H and O–H groups in total. The van der Waals surface area contributed by atoms with Crippen molar-refractivity contribution in [2.75, 3.05) is 0 Å². The number of rotatable bonds is 8. The Morgan fingerprint density at radius 2 is 1.66 bits per heavy atom. The predicted molar refractivity (Wildman–Crippen MR) is 152 cm³/mol. The highest BCUT2D eigenvalue weighted by Crippen LogP contribution is 2.38. The number of benzene rings is 2. The summed E-state index contributed by atoms with van der Waals surface area (Å²) in [5, 5.41) is 1.47. The van der Waals surface area contributed by atoms with Crippen LogP contribution < -0.4 is 5.73 Å². The fourth-order valence-electron chi connectivity index (χ4n) is 6.83. The van der Waals surface area contributed by atoms with Gasteiger partial charge >= 0.3 is 0 Å². The monoisotopic (exact) mass is 472 g/mol. The van der Waals surface area contributed by atoms with Crippen molar-refractivity contribution in [1.82, 2.24) is 4.57 Å². The first-order valence-electron chi connectivity index (χ1n) is 14.1. The van der Waals surface area contributed by atoms with Crippen molar-refractivity contribution in [2.24, 2.45) is 17.6 Å². The molecule has 190 valence electrons. The lowest BCUT2D eigenvalue weighted by Gasteiger charge is -2.26. The first-order valence-corrected chi connectivity index (χ1v) is 14.1. The average molecular weight is 473 g/mol. The van der Waals surface area contributed by atoms with E-state index in [0.29, 0.717) is 12.0 Å². The minimum Gasteiger partial charge on any atom is -0.347 e. The lowest BCUT2D eigenvalue weighted by Crippen LogP contribution is -2.26. The Hall–Kier alpha value is -2.06. The lowest BCUT2D eigenvalue weighted by molar-refractivity contribution is 0.302. The lowest BCUT2D eigenvalue weighted by atomic mass is 9.81. The second-order valence-electron chi connectivity index (χ2n) is 11.4. The molecule has 0 bridgehead atoms. The van der Waals surface area contributed by atoms with Crippen LogP contribution >= 0.6 is 0 Å². The van der Waals surface area contributed by atoms with Crippen molar-refractivity contribution >= 4 is 10.9 Å². The van der Waals surface area contributed by atoms with Gasteiger partial charge in [-0.15, -0.1) is 0 Å². The molecule has 0 saturated heterocycles. The fourth-order valence-corrected chi connectivity index (χ4v) is 6.83. The molecule has 0 radical (unpaired) electrons. The van der Waals surface area contributed by atoms with Crippen LogP contribution in [0.4, 0.5) is 0 Å². The maximum Gasteiger partial charge on any atom is 0.0483 e. The smallest absolute Gasteiger partial charge is 0.0483 e. The maximum atomic E-state index is 6.16. The molecule has 0 spiro atoms. The molecule has 1 aromatic heterocycles. The summed E-state index contributed by atoms with van der Waals surface area (Å²) in [7, 11) is 0. The fraction of sp³-hybridized carbons (Fsp3) is 0.576. The van der Waals surface area contributed by atoms with Gasteiger partial charge in [0.05, 0.1) is 0 Å². The van der Waals surface area contributed by atoms with Crippen LogP contribution in [0.15, 0.2) is 54.7 Å². The first-order chi connectivity index (χ1) is 16.7. The van der Waals surface area contributed by atoms with E-state index in [1.807, 2.05) is 0 Å². The highest BCUT2D eigenvalue weighted by molar-refractivity contribution is 5.85. The van der Waals surface area contributed by atoms with Crippen molar-refractivity contribution in [3.05, 3.63) is 71.4 Å². The zero-order valence-corrected chi connectivity index (χ0v) is 21.2. The van der Waals surface area contributed by atoms with Gasteiger partial charge in [0, 0.05) is 35.6 Å². The summed E-state index contributed by atoms with van der Waals surface area (Å²) in [5.41, 5.74) is 12.0. The molecule has 1 unspecified atom stereocenters. The van der Waals surface area contributed by atoms with E-state index in [1.54, 1.807) is 5.56 Å². The van der Waals surface area contributed by atoms with Crippen molar-refractivity contribution in [3.8, 4) is 0 Å². The summed E-state index contributed by atoms with van der Waals surface area (Å²) in [6.45, 7) is 3.42. The summed E-state index contributed by atoms with van der Waals surface area (Å²) in [6, 6.07) is 18.9. The molecule has 2 fully saturated rings. The van der Waals surface area contributed by atoms with Crippen LogP contribution in [0.5, 0.6) is 0 Å². The van der Waals surface area contributed by atoms with Crippen LogP contribution in [0, 0.1) is 18.8 Å². The van der Waals surface area contributed by atoms with Crippen molar-refractivity contribution in [3.63, 3.8) is 0 Å². The number of para-hydroxylation sites is 1. The van der Waals surface area contributed by atoms with Gasteiger partial charge in [0.2, 0.25) is 0 Å². The zero-order chi connectivity index (χ0) is 23.3. The molecule has 2 aliphatic rings. The van der Waals surface area contributed by atoms with Gasteiger partial charge in [-0.05, 0) is 80.9 Å². The van der Waals surface area contributed by atoms with Gasteiger partial charge in [-0.2, -0.15) is 0 Å². The number of aromatic nitrogens is 1. The molecule has 0 aliphatic heterocycles. The van der Waals surface area contributed by atoms with E-state index in [4.69, 9.17) is 5.73 Å². The largest absolute Gasteiger partial charge is 0.347 e. The van der Waals surface area contributed by atoms with Gasteiger partial charge < -0.3 is 10.3 Å². The summed E-state index contributed by atoms with van der Waals surface area (Å²) >= 11 is 0. The normalized spacial score (nSPS) is 22.1. The van der Waals surface area contributed by atoms with Crippen LogP contribution in [0.1, 0.15) is 107 Å². The molecule has 2 nitrogen and oxygen atoms in total. The van der Waals surface area contributed by atoms with Gasteiger partial charge in [-0.1, -0.05) is 87.6 Å². The Morgan fingerprint density at radius 3 is 2.43 bits per heavy atom. The first kappa shape index (κ1) is 26.0. The van der Waals surface area contributed by atoms with Crippen molar-refractivity contribution < 1.29 is 0 Å². The minimum atomic E-state index is 0. The van der Waals surface area contributed by atoms with Gasteiger partial charge in [-0.3, -0.25) is 0 Å². The van der Waals surface area contributed by atoms with E-state index < -0.39 is 0 Å². The van der Waals surface area contributed by atoms with Crippen molar-refractivity contribution in [2.45, 2.75) is 110 Å². The Balaban J connectivity index is 0.00000289. The van der Waals surface area contributed by atoms with Gasteiger partial charge in [0.1, 0.15) is 0 Å². The van der Waals surface area contributed by atoms with Gasteiger partial charge in [-0.25, -0.2) is 0 Å². The summed E-state index contributed by atoms with van der Waals surface area (Å²) in [5.74, 6) is 2.20. The minimum absolute atomic E-state index is 0. The van der Waals surface area contributed by atoms with Crippen molar-refractivity contribution in [1.29, 1.82) is 0 Å². The van der Waals surface area contributed by atoms with Crippen LogP contribution in [-0.4, -0.2) is 10.6 Å². The second-order valence-corrected chi connectivity index (χ2v) is 11.4. The number of hydrogen-bond donors (Lipinski definition) is 1. The maximum absolute atomic E-state index is 6.16. The van der Waals surface area contributed by atoms with Gasteiger partial charge in [0.25, 0.3) is 0 Å². The highest BCUT2D eigenvalue weighted by Gasteiger charge is 2.23. The summed E-state index contributed by atoms with van der Waals surface area (Å²) < 4.78 is 2.60. The quantitative estimate of drug-likeness (QED) is 0.348. The molecule has 5 rings (SSSR count). The van der Waals surface area contributed by atoms with E-state index in [2.05, 4.69) is 66.2 Å². The molecule has 2 aliphatic carbocycles. The average Bonchev–Trinajstić information content (AvgIpc) is 3.22. The number of fused-ring (bicyclic) bond motifs is 1. The molecule has 35 heavy (non-hydrogen) atoms. The molecule has 2 saturated carbocycles. The third-order valence-corrected chi connectivity index (χ3v) is 8.82. The van der Waals surface area contributed by atoms with Crippen LogP contribution in [0.2, 0.25) is 0 Å². The van der Waals surface area contributed by atoms with E-state index >= 15 is 0 Å². The van der Waals surface area contributed by atoms with Crippen LogP contribution in [0.3, 0.4) is 0 Å². The molecule has 2 aromatic carbocycles. The number of aryl methyl sites for hydroxylation is 1. The third kappa shape index (κ3) is 6.39. The summed E-state index contributed by atoms with van der Waals surface area (Å²) in [4.78, 5) is 0. The van der Waals surface area contributed by atoms with E-state index in [0.717, 1.165) is 11.8 Å². The van der Waals surface area contributed by atoms with Crippen LogP contribution in [0.25, 0.3) is 10.9 Å². The Labute approximate surface area is 214 Å². The number of hydrogen-bond acceptors (Lipinski definition) is 1. The second kappa shape index (κ2) is 12.3. The predicted octanol–water partition coefficient (Wildman–Crippen LogP) is 8.99.